The third-order valence-corrected chi connectivity index (χ3v) is 2.73. The van der Waals surface area contributed by atoms with Crippen LogP contribution in [0.1, 0.15) is 23.9 Å². The van der Waals surface area contributed by atoms with Crippen LogP contribution in [0.2, 0.25) is 0 Å². The maximum absolute atomic E-state index is 5.46. The van der Waals surface area contributed by atoms with Crippen LogP contribution in [0.3, 0.4) is 0 Å². The topological polar surface area (TPSA) is 64.9 Å². The van der Waals surface area contributed by atoms with Crippen LogP contribution in [0.4, 0.5) is 0 Å². The highest BCUT2D eigenvalue weighted by Gasteiger charge is 2.03. The highest BCUT2D eigenvalue weighted by molar-refractivity contribution is 5.26. The van der Waals surface area contributed by atoms with Crippen LogP contribution in [0, 0.1) is 0 Å². The maximum Gasteiger partial charge on any atom is 0.188 e. The van der Waals surface area contributed by atoms with Gasteiger partial charge < -0.3 is 10.1 Å². The van der Waals surface area contributed by atoms with Crippen molar-refractivity contribution in [3.05, 3.63) is 41.2 Å². The lowest BCUT2D eigenvalue weighted by Gasteiger charge is -2.09. The quantitative estimate of drug-likeness (QED) is 0.806. The molecule has 0 aliphatic heterocycles. The van der Waals surface area contributed by atoms with Crippen molar-refractivity contribution in [2.75, 3.05) is 6.61 Å². The normalized spacial score (nSPS) is 10.8. The average Bonchev–Trinajstić information content (AvgIpc) is 2.83. The molecule has 0 amide bonds. The van der Waals surface area contributed by atoms with Crippen molar-refractivity contribution >= 4 is 0 Å². The van der Waals surface area contributed by atoms with Gasteiger partial charge >= 0.3 is 0 Å². The Bertz CT molecular complexity index is 511. The molecule has 0 fully saturated rings. The first-order valence-electron chi connectivity index (χ1n) is 6.37. The number of aromatic nitrogens is 4. The molecule has 2 rings (SSSR count). The smallest absolute Gasteiger partial charge is 0.188 e. The Kier molecular flexibility index (Phi) is 5.00. The lowest BCUT2D eigenvalue weighted by atomic mass is 10.1. The molecule has 1 aromatic carbocycles. The van der Waals surface area contributed by atoms with E-state index < -0.39 is 0 Å². The number of nitrogens with zero attached hydrogens (tertiary/aromatic N) is 4. The van der Waals surface area contributed by atoms with E-state index in [1.807, 2.05) is 19.1 Å². The Morgan fingerprint density at radius 2 is 2.00 bits per heavy atom. The number of aryl methyl sites for hydroxylation is 1. The molecule has 0 aliphatic carbocycles. The first-order chi connectivity index (χ1) is 9.29. The number of nitrogens with one attached hydrogen (secondary N) is 1. The molecule has 0 saturated carbocycles. The Labute approximate surface area is 112 Å². The Morgan fingerprint density at radius 1 is 1.21 bits per heavy atom. The lowest BCUT2D eigenvalue weighted by molar-refractivity contribution is 0.133. The first kappa shape index (κ1) is 13.6. The highest BCUT2D eigenvalue weighted by Crippen LogP contribution is 2.10. The van der Waals surface area contributed by atoms with Crippen molar-refractivity contribution in [2.45, 2.75) is 26.6 Å². The van der Waals surface area contributed by atoms with E-state index >= 15 is 0 Å². The Morgan fingerprint density at radius 3 is 2.68 bits per heavy atom. The molecule has 0 aliphatic rings. The van der Waals surface area contributed by atoms with Gasteiger partial charge in [0.2, 0.25) is 0 Å². The molecule has 1 heterocycles. The molecule has 2 aromatic rings. The van der Waals surface area contributed by atoms with E-state index in [0.29, 0.717) is 19.0 Å². The van der Waals surface area contributed by atoms with E-state index in [4.69, 9.17) is 4.74 Å². The fraction of sp³-hybridized carbons (Fsp3) is 0.462. The molecule has 19 heavy (non-hydrogen) atoms. The van der Waals surface area contributed by atoms with Crippen molar-refractivity contribution in [3.8, 4) is 0 Å². The summed E-state index contributed by atoms with van der Waals surface area (Å²) in [6.07, 6.45) is 0. The molecule has 0 atom stereocenters. The summed E-state index contributed by atoms with van der Waals surface area (Å²) in [7, 11) is 1.76. The minimum absolute atomic E-state index is 0.608. The van der Waals surface area contributed by atoms with E-state index in [1.165, 1.54) is 15.9 Å². The van der Waals surface area contributed by atoms with Gasteiger partial charge in [-0.05, 0) is 23.3 Å². The molecule has 0 bridgehead atoms. The van der Waals surface area contributed by atoms with Crippen LogP contribution in [-0.2, 0) is 31.5 Å². The monoisotopic (exact) mass is 261 g/mol. The van der Waals surface area contributed by atoms with Gasteiger partial charge in [-0.2, -0.15) is 4.80 Å². The Balaban J connectivity index is 1.88. The van der Waals surface area contributed by atoms with Crippen molar-refractivity contribution in [1.82, 2.24) is 25.5 Å². The second-order valence-electron chi connectivity index (χ2n) is 4.20. The largest absolute Gasteiger partial charge is 0.377 e. The zero-order valence-electron chi connectivity index (χ0n) is 11.3. The minimum atomic E-state index is 0.608. The number of ether oxygens (including phenoxy) is 1. The summed E-state index contributed by atoms with van der Waals surface area (Å²) in [6.45, 7) is 4.75. The molecular weight excluding hydrogens is 242 g/mol. The Hall–Kier alpha value is -1.79. The molecule has 0 saturated heterocycles. The molecule has 0 radical (unpaired) electrons. The number of tetrazole rings is 1. The van der Waals surface area contributed by atoms with Crippen LogP contribution in [0.15, 0.2) is 24.3 Å². The third kappa shape index (κ3) is 4.11. The van der Waals surface area contributed by atoms with E-state index in [9.17, 15) is 0 Å². The summed E-state index contributed by atoms with van der Waals surface area (Å²) in [5.41, 5.74) is 2.45. The van der Waals surface area contributed by atoms with E-state index in [-0.39, 0.29) is 0 Å². The van der Waals surface area contributed by atoms with Crippen molar-refractivity contribution < 1.29 is 4.74 Å². The van der Waals surface area contributed by atoms with Crippen molar-refractivity contribution in [1.29, 1.82) is 0 Å². The molecule has 102 valence electrons. The average molecular weight is 261 g/mol. The molecule has 6 heteroatoms. The second-order valence-corrected chi connectivity index (χ2v) is 4.20. The number of benzene rings is 1. The zero-order chi connectivity index (χ0) is 13.5. The third-order valence-electron chi connectivity index (χ3n) is 2.73. The van der Waals surface area contributed by atoms with Gasteiger partial charge in [-0.3, -0.25) is 0 Å². The summed E-state index contributed by atoms with van der Waals surface area (Å²) in [6, 6.07) is 8.26. The second kappa shape index (κ2) is 6.96. The van der Waals surface area contributed by atoms with Crippen LogP contribution in [0.5, 0.6) is 0 Å². The summed E-state index contributed by atoms with van der Waals surface area (Å²) in [4.78, 5) is 1.46. The number of rotatable bonds is 7. The first-order valence-corrected chi connectivity index (χ1v) is 6.37. The van der Waals surface area contributed by atoms with Gasteiger partial charge in [-0.25, -0.2) is 0 Å². The van der Waals surface area contributed by atoms with Crippen LogP contribution in [-0.4, -0.2) is 26.8 Å². The van der Waals surface area contributed by atoms with Gasteiger partial charge in [0.15, 0.2) is 5.82 Å². The van der Waals surface area contributed by atoms with E-state index in [1.54, 1.807) is 7.05 Å². The van der Waals surface area contributed by atoms with Gasteiger partial charge in [0.25, 0.3) is 0 Å². The minimum Gasteiger partial charge on any atom is -0.377 e. The summed E-state index contributed by atoms with van der Waals surface area (Å²) in [5, 5.41) is 15.2. The number of hydrogen-bond donors (Lipinski definition) is 1. The predicted octanol–water partition coefficient (Wildman–Crippen LogP) is 1.04. The molecule has 6 nitrogen and oxygen atoms in total. The summed E-state index contributed by atoms with van der Waals surface area (Å²) >= 11 is 0. The van der Waals surface area contributed by atoms with E-state index in [0.717, 1.165) is 13.2 Å². The van der Waals surface area contributed by atoms with Gasteiger partial charge in [-0.1, -0.05) is 24.3 Å². The fourth-order valence-corrected chi connectivity index (χ4v) is 1.79. The predicted molar refractivity (Wildman–Crippen MR) is 71.1 cm³/mol. The van der Waals surface area contributed by atoms with Crippen molar-refractivity contribution in [3.63, 3.8) is 0 Å². The molecule has 0 unspecified atom stereocenters. The SMILES string of the molecule is CCOCc1ccccc1CNCc1nnn(C)n1. The molecule has 0 spiro atoms. The van der Waals surface area contributed by atoms with Crippen LogP contribution in [0.25, 0.3) is 0 Å². The maximum atomic E-state index is 5.46. The standard InChI is InChI=1S/C13H19N5O/c1-3-19-10-12-7-5-4-6-11(12)8-14-9-13-15-17-18(2)16-13/h4-7,14H,3,8-10H2,1-2H3. The fourth-order valence-electron chi connectivity index (χ4n) is 1.79. The van der Waals surface area contributed by atoms with Gasteiger partial charge in [0.1, 0.15) is 0 Å². The zero-order valence-corrected chi connectivity index (χ0v) is 11.3. The van der Waals surface area contributed by atoms with Crippen LogP contribution < -0.4 is 5.32 Å². The highest BCUT2D eigenvalue weighted by atomic mass is 16.5. The van der Waals surface area contributed by atoms with Gasteiger partial charge in [0, 0.05) is 13.2 Å². The van der Waals surface area contributed by atoms with Gasteiger partial charge in [-0.15, -0.1) is 10.2 Å². The summed E-state index contributed by atoms with van der Waals surface area (Å²) < 4.78 is 5.46. The lowest BCUT2D eigenvalue weighted by Crippen LogP contribution is -2.15. The van der Waals surface area contributed by atoms with Crippen LogP contribution >= 0.6 is 0 Å². The number of hydrogen-bond acceptors (Lipinski definition) is 5. The molecular formula is C13H19N5O. The molecule has 1 aromatic heterocycles. The summed E-state index contributed by atoms with van der Waals surface area (Å²) in [5.74, 6) is 0.699. The molecule has 1 N–H and O–H groups in total. The van der Waals surface area contributed by atoms with Gasteiger partial charge in [0.05, 0.1) is 20.2 Å². The van der Waals surface area contributed by atoms with Crippen molar-refractivity contribution in [2.24, 2.45) is 7.05 Å². The van der Waals surface area contributed by atoms with E-state index in [2.05, 4.69) is 32.9 Å².